The van der Waals surface area contributed by atoms with Gasteiger partial charge < -0.3 is 10.6 Å². The van der Waals surface area contributed by atoms with Crippen molar-refractivity contribution in [3.63, 3.8) is 0 Å². The Balaban J connectivity index is 1.48. The second kappa shape index (κ2) is 10.4. The van der Waals surface area contributed by atoms with Crippen LogP contribution in [0.2, 0.25) is 0 Å². The molecule has 1 aromatic heterocycles. The van der Waals surface area contributed by atoms with Crippen molar-refractivity contribution in [1.82, 2.24) is 9.97 Å². The van der Waals surface area contributed by atoms with Crippen LogP contribution in [0.25, 0.3) is 0 Å². The Hall–Kier alpha value is -3.91. The van der Waals surface area contributed by atoms with Gasteiger partial charge in [0.2, 0.25) is 5.95 Å². The summed E-state index contributed by atoms with van der Waals surface area (Å²) in [5, 5.41) is 6.49. The molecule has 3 aromatic carbocycles. The highest BCUT2D eigenvalue weighted by atomic mass is 32.2. The lowest BCUT2D eigenvalue weighted by Gasteiger charge is -2.14. The van der Waals surface area contributed by atoms with Crippen molar-refractivity contribution >= 4 is 38.9 Å². The van der Waals surface area contributed by atoms with Gasteiger partial charge in [-0.05, 0) is 80.3 Å². The van der Waals surface area contributed by atoms with E-state index < -0.39 is 10.0 Å². The molecule has 0 fully saturated rings. The van der Waals surface area contributed by atoms with Crippen LogP contribution in [0.1, 0.15) is 42.1 Å². The quantitative estimate of drug-likeness (QED) is 0.245. The van der Waals surface area contributed by atoms with Crippen LogP contribution in [-0.4, -0.2) is 18.4 Å². The summed E-state index contributed by atoms with van der Waals surface area (Å²) in [5.41, 5.74) is 5.84. The summed E-state index contributed by atoms with van der Waals surface area (Å²) in [6.45, 7) is 9.83. The fourth-order valence-corrected chi connectivity index (χ4v) is 5.04. The topological polar surface area (TPSA) is 96.0 Å². The van der Waals surface area contributed by atoms with Gasteiger partial charge >= 0.3 is 0 Å². The molecule has 0 saturated heterocycles. The molecule has 0 aliphatic heterocycles. The number of hydrogen-bond donors (Lipinski definition) is 3. The highest BCUT2D eigenvalue weighted by Crippen LogP contribution is 2.26. The zero-order chi connectivity index (χ0) is 25.9. The average molecular weight is 502 g/mol. The van der Waals surface area contributed by atoms with Gasteiger partial charge in [0.05, 0.1) is 4.90 Å². The Bertz CT molecular complexity index is 1470. The molecule has 3 N–H and O–H groups in total. The second-order valence-corrected chi connectivity index (χ2v) is 10.8. The molecule has 0 atom stereocenters. The summed E-state index contributed by atoms with van der Waals surface area (Å²) in [6.07, 6.45) is 0. The number of rotatable bonds is 8. The van der Waals surface area contributed by atoms with E-state index in [4.69, 9.17) is 0 Å². The summed E-state index contributed by atoms with van der Waals surface area (Å²) >= 11 is 0. The van der Waals surface area contributed by atoms with E-state index in [0.717, 1.165) is 22.6 Å². The van der Waals surface area contributed by atoms with E-state index in [1.165, 1.54) is 5.56 Å². The lowest BCUT2D eigenvalue weighted by Crippen LogP contribution is -2.14. The van der Waals surface area contributed by atoms with Gasteiger partial charge in [0.15, 0.2) is 0 Å². The molecule has 0 spiro atoms. The van der Waals surface area contributed by atoms with Crippen LogP contribution < -0.4 is 15.4 Å². The zero-order valence-corrected chi connectivity index (χ0v) is 21.9. The minimum atomic E-state index is -3.72. The first kappa shape index (κ1) is 25.2. The summed E-state index contributed by atoms with van der Waals surface area (Å²) in [7, 11) is -3.72. The number of aromatic nitrogens is 2. The molecule has 186 valence electrons. The Kier molecular flexibility index (Phi) is 7.26. The Morgan fingerprint density at radius 3 is 2.00 bits per heavy atom. The normalized spacial score (nSPS) is 11.4. The predicted octanol–water partition coefficient (Wildman–Crippen LogP) is 6.81. The van der Waals surface area contributed by atoms with Crippen molar-refractivity contribution in [2.45, 2.75) is 45.4 Å². The van der Waals surface area contributed by atoms with Gasteiger partial charge in [-0.25, -0.2) is 13.4 Å². The molecular weight excluding hydrogens is 470 g/mol. The molecule has 7 nitrogen and oxygen atoms in total. The average Bonchev–Trinajstić information content (AvgIpc) is 2.81. The number of benzene rings is 3. The van der Waals surface area contributed by atoms with Gasteiger partial charge in [0.1, 0.15) is 5.82 Å². The van der Waals surface area contributed by atoms with Crippen molar-refractivity contribution in [2.75, 3.05) is 15.4 Å². The first-order valence-corrected chi connectivity index (χ1v) is 13.3. The molecule has 36 heavy (non-hydrogen) atoms. The van der Waals surface area contributed by atoms with E-state index in [-0.39, 0.29) is 10.8 Å². The van der Waals surface area contributed by atoms with Gasteiger partial charge in [-0.2, -0.15) is 4.98 Å². The van der Waals surface area contributed by atoms with Crippen molar-refractivity contribution in [1.29, 1.82) is 0 Å². The number of hydrogen-bond acceptors (Lipinski definition) is 6. The van der Waals surface area contributed by atoms with Crippen molar-refractivity contribution in [3.8, 4) is 0 Å². The fraction of sp³-hybridized carbons (Fsp3) is 0.214. The van der Waals surface area contributed by atoms with Crippen LogP contribution in [-0.2, 0) is 10.0 Å². The molecule has 0 aliphatic rings. The smallest absolute Gasteiger partial charge is 0.262 e. The van der Waals surface area contributed by atoms with E-state index in [2.05, 4.69) is 25.3 Å². The van der Waals surface area contributed by atoms with Gasteiger partial charge in [-0.1, -0.05) is 43.7 Å². The van der Waals surface area contributed by atoms with Crippen LogP contribution in [0.4, 0.5) is 28.8 Å². The van der Waals surface area contributed by atoms with Crippen LogP contribution in [0, 0.1) is 20.8 Å². The third kappa shape index (κ3) is 6.20. The van der Waals surface area contributed by atoms with Crippen molar-refractivity contribution in [2.24, 2.45) is 0 Å². The highest BCUT2D eigenvalue weighted by molar-refractivity contribution is 7.92. The number of nitrogens with one attached hydrogen (secondary N) is 3. The zero-order valence-electron chi connectivity index (χ0n) is 21.1. The fourth-order valence-electron chi connectivity index (χ4n) is 3.70. The first-order chi connectivity index (χ1) is 17.1. The van der Waals surface area contributed by atoms with Crippen LogP contribution in [0.15, 0.2) is 77.7 Å². The molecule has 0 unspecified atom stereocenters. The third-order valence-corrected chi connectivity index (χ3v) is 7.26. The molecule has 0 radical (unpaired) electrons. The Labute approximate surface area is 213 Å². The van der Waals surface area contributed by atoms with Crippen LogP contribution >= 0.6 is 0 Å². The number of aryl methyl sites for hydroxylation is 3. The molecule has 4 rings (SSSR count). The summed E-state index contributed by atoms with van der Waals surface area (Å²) in [4.78, 5) is 9.31. The lowest BCUT2D eigenvalue weighted by molar-refractivity contribution is 0.600. The third-order valence-electron chi connectivity index (χ3n) is 5.74. The second-order valence-electron chi connectivity index (χ2n) is 9.20. The van der Waals surface area contributed by atoms with Crippen molar-refractivity contribution in [3.05, 3.63) is 95.2 Å². The van der Waals surface area contributed by atoms with E-state index in [0.29, 0.717) is 23.0 Å². The minimum Gasteiger partial charge on any atom is -0.340 e. The lowest BCUT2D eigenvalue weighted by atomic mass is 10.0. The number of nitrogens with zero attached hydrogens (tertiary/aromatic N) is 2. The molecule has 0 saturated carbocycles. The standard InChI is InChI=1S/C28H31N5O2S/c1-18(2)22-9-8-20(4)26(17-22)36(34,35)33-25-14-12-24(13-15-25)31-28-29-21(5)16-27(32-28)30-23-10-6-19(3)7-11-23/h6-18,33H,1-5H3,(H2,29,30,31,32). The Morgan fingerprint density at radius 1 is 0.722 bits per heavy atom. The number of anilines is 5. The number of sulfonamides is 1. The largest absolute Gasteiger partial charge is 0.340 e. The SMILES string of the molecule is Cc1ccc(Nc2cc(C)nc(Nc3ccc(NS(=O)(=O)c4cc(C(C)C)ccc4C)cc3)n2)cc1. The molecule has 0 aliphatic carbocycles. The monoisotopic (exact) mass is 501 g/mol. The van der Waals surface area contributed by atoms with E-state index >= 15 is 0 Å². The molecule has 4 aromatic rings. The van der Waals surface area contributed by atoms with Crippen LogP contribution in [0.5, 0.6) is 0 Å². The molecule has 1 heterocycles. The minimum absolute atomic E-state index is 0.237. The van der Waals surface area contributed by atoms with E-state index in [1.807, 2.05) is 70.2 Å². The molecular formula is C28H31N5O2S. The van der Waals surface area contributed by atoms with Gasteiger partial charge in [-0.15, -0.1) is 0 Å². The van der Waals surface area contributed by atoms with Crippen molar-refractivity contribution < 1.29 is 8.42 Å². The van der Waals surface area contributed by atoms with Crippen LogP contribution in [0.3, 0.4) is 0 Å². The maximum absolute atomic E-state index is 13.1. The van der Waals surface area contributed by atoms with Gasteiger partial charge in [0.25, 0.3) is 10.0 Å². The summed E-state index contributed by atoms with van der Waals surface area (Å²) in [5.74, 6) is 1.36. The van der Waals surface area contributed by atoms with Gasteiger partial charge in [-0.3, -0.25) is 4.72 Å². The highest BCUT2D eigenvalue weighted by Gasteiger charge is 2.18. The first-order valence-electron chi connectivity index (χ1n) is 11.8. The van der Waals surface area contributed by atoms with E-state index in [9.17, 15) is 8.42 Å². The molecule has 0 amide bonds. The summed E-state index contributed by atoms with van der Waals surface area (Å²) in [6, 6.07) is 22.5. The van der Waals surface area contributed by atoms with E-state index in [1.54, 1.807) is 37.3 Å². The van der Waals surface area contributed by atoms with Gasteiger partial charge in [0, 0.05) is 28.8 Å². The Morgan fingerprint density at radius 2 is 1.33 bits per heavy atom. The summed E-state index contributed by atoms with van der Waals surface area (Å²) < 4.78 is 28.8. The maximum Gasteiger partial charge on any atom is 0.262 e. The molecule has 8 heteroatoms. The maximum atomic E-state index is 13.1. The molecule has 0 bridgehead atoms. The predicted molar refractivity (Wildman–Crippen MR) is 147 cm³/mol.